The van der Waals surface area contributed by atoms with Gasteiger partial charge in [0.2, 0.25) is 0 Å². The maximum absolute atomic E-state index is 12.0. The summed E-state index contributed by atoms with van der Waals surface area (Å²) in [6.07, 6.45) is 0.843. The second-order valence-corrected chi connectivity index (χ2v) is 7.93. The zero-order chi connectivity index (χ0) is 17.3. The molecule has 1 N–H and O–H groups in total. The molecule has 3 rings (SSSR count). The Morgan fingerprint density at radius 2 is 2.04 bits per heavy atom. The molecule has 0 radical (unpaired) electrons. The standard InChI is InChI=1S/C16H18N2O4S2/c19-13-3-1-2-12-11-6-10(8-18(12)13)7-17(9-11)16(23)24-15(22)5-4-14(20)21/h1-3,10-11H,4-9H2,(H,20,21). The number of nitrogens with zero attached hydrogens (tertiary/aromatic N) is 2. The summed E-state index contributed by atoms with van der Waals surface area (Å²) in [4.78, 5) is 36.4. The Morgan fingerprint density at radius 3 is 2.79 bits per heavy atom. The van der Waals surface area contributed by atoms with Crippen LogP contribution in [0.1, 0.15) is 30.9 Å². The third kappa shape index (κ3) is 3.70. The summed E-state index contributed by atoms with van der Waals surface area (Å²) in [5.41, 5.74) is 1.07. The van der Waals surface area contributed by atoms with Crippen LogP contribution in [0.25, 0.3) is 0 Å². The Morgan fingerprint density at radius 1 is 1.25 bits per heavy atom. The van der Waals surface area contributed by atoms with Gasteiger partial charge in [-0.2, -0.15) is 0 Å². The lowest BCUT2D eigenvalue weighted by molar-refractivity contribution is -0.137. The molecule has 0 saturated carbocycles. The topological polar surface area (TPSA) is 79.6 Å². The maximum Gasteiger partial charge on any atom is 0.303 e. The normalized spacial score (nSPS) is 21.9. The van der Waals surface area contributed by atoms with E-state index in [9.17, 15) is 14.4 Å². The summed E-state index contributed by atoms with van der Waals surface area (Å²) in [7, 11) is 0. The minimum absolute atomic E-state index is 0.0148. The highest BCUT2D eigenvalue weighted by molar-refractivity contribution is 8.32. The molecule has 128 valence electrons. The number of rotatable bonds is 3. The monoisotopic (exact) mass is 366 g/mol. The van der Waals surface area contributed by atoms with Gasteiger partial charge in [0.25, 0.3) is 5.56 Å². The van der Waals surface area contributed by atoms with Crippen molar-refractivity contribution in [2.75, 3.05) is 13.1 Å². The van der Waals surface area contributed by atoms with E-state index in [1.54, 1.807) is 12.1 Å². The van der Waals surface area contributed by atoms with Crippen molar-refractivity contribution >= 4 is 39.4 Å². The lowest BCUT2D eigenvalue weighted by atomic mass is 9.83. The van der Waals surface area contributed by atoms with Gasteiger partial charge in [-0.1, -0.05) is 18.3 Å². The number of carbonyl (C=O) groups excluding carboxylic acids is 1. The van der Waals surface area contributed by atoms with Crippen LogP contribution >= 0.6 is 24.0 Å². The Kier molecular flexibility index (Phi) is 5.05. The highest BCUT2D eigenvalue weighted by Gasteiger charge is 2.35. The zero-order valence-corrected chi connectivity index (χ0v) is 14.6. The lowest BCUT2D eigenvalue weighted by Crippen LogP contribution is -2.48. The molecule has 2 atom stereocenters. The maximum atomic E-state index is 12.0. The van der Waals surface area contributed by atoms with Crippen LogP contribution in [0, 0.1) is 5.92 Å². The number of carboxylic acid groups (broad SMARTS) is 1. The first-order valence-corrected chi connectivity index (χ1v) is 9.07. The molecular weight excluding hydrogens is 348 g/mol. The first-order valence-electron chi connectivity index (χ1n) is 7.85. The molecule has 1 aromatic rings. The van der Waals surface area contributed by atoms with Gasteiger partial charge in [0, 0.05) is 43.7 Å². The lowest BCUT2D eigenvalue weighted by Gasteiger charge is -2.43. The average Bonchev–Trinajstić information content (AvgIpc) is 2.54. The summed E-state index contributed by atoms with van der Waals surface area (Å²) < 4.78 is 2.36. The van der Waals surface area contributed by atoms with Crippen LogP contribution < -0.4 is 5.56 Å². The molecule has 0 spiro atoms. The van der Waals surface area contributed by atoms with E-state index >= 15 is 0 Å². The van der Waals surface area contributed by atoms with E-state index in [0.717, 1.165) is 30.4 Å². The number of pyridine rings is 1. The molecule has 1 saturated heterocycles. The molecule has 0 amide bonds. The van der Waals surface area contributed by atoms with E-state index in [0.29, 0.717) is 23.3 Å². The van der Waals surface area contributed by atoms with Gasteiger partial charge < -0.3 is 14.6 Å². The van der Waals surface area contributed by atoms with Crippen molar-refractivity contribution in [1.82, 2.24) is 9.47 Å². The number of thiocarbonyl (C=S) groups is 1. The molecular formula is C16H18N2O4S2. The summed E-state index contributed by atoms with van der Waals surface area (Å²) in [6, 6.07) is 5.36. The smallest absolute Gasteiger partial charge is 0.303 e. The van der Waals surface area contributed by atoms with Crippen molar-refractivity contribution in [3.05, 3.63) is 34.2 Å². The van der Waals surface area contributed by atoms with Crippen molar-refractivity contribution in [3.63, 3.8) is 0 Å². The Hall–Kier alpha value is -1.67. The first kappa shape index (κ1) is 17.2. The quantitative estimate of drug-likeness (QED) is 0.815. The van der Waals surface area contributed by atoms with E-state index in [2.05, 4.69) is 0 Å². The number of carbonyl (C=O) groups is 2. The van der Waals surface area contributed by atoms with Gasteiger partial charge >= 0.3 is 5.97 Å². The van der Waals surface area contributed by atoms with Crippen molar-refractivity contribution in [1.29, 1.82) is 0 Å². The molecule has 2 bridgehead atoms. The minimum Gasteiger partial charge on any atom is -0.481 e. The van der Waals surface area contributed by atoms with E-state index in [4.69, 9.17) is 17.3 Å². The van der Waals surface area contributed by atoms with Crippen molar-refractivity contribution in [3.8, 4) is 0 Å². The summed E-state index contributed by atoms with van der Waals surface area (Å²) in [6.45, 7) is 2.11. The fraction of sp³-hybridized carbons (Fsp3) is 0.500. The number of aromatic nitrogens is 1. The molecule has 24 heavy (non-hydrogen) atoms. The highest BCUT2D eigenvalue weighted by atomic mass is 32.2. The molecule has 2 aliphatic rings. The summed E-state index contributed by atoms with van der Waals surface area (Å²) >= 11 is 6.34. The molecule has 0 aliphatic carbocycles. The largest absolute Gasteiger partial charge is 0.481 e. The van der Waals surface area contributed by atoms with Crippen LogP contribution in [-0.4, -0.2) is 43.1 Å². The number of piperidine rings is 1. The highest BCUT2D eigenvalue weighted by Crippen LogP contribution is 2.36. The zero-order valence-electron chi connectivity index (χ0n) is 13.0. The minimum atomic E-state index is -0.982. The van der Waals surface area contributed by atoms with Crippen LogP contribution in [0.4, 0.5) is 0 Å². The van der Waals surface area contributed by atoms with E-state index < -0.39 is 5.97 Å². The molecule has 1 fully saturated rings. The van der Waals surface area contributed by atoms with Crippen LogP contribution in [0.2, 0.25) is 0 Å². The second kappa shape index (κ2) is 7.06. The van der Waals surface area contributed by atoms with E-state index in [1.807, 2.05) is 15.5 Å². The molecule has 2 aliphatic heterocycles. The Balaban J connectivity index is 1.66. The molecule has 8 heteroatoms. The first-order chi connectivity index (χ1) is 11.4. The number of hydrogen-bond acceptors (Lipinski definition) is 5. The number of aliphatic carboxylic acids is 1. The van der Waals surface area contributed by atoms with Crippen LogP contribution in [0.3, 0.4) is 0 Å². The SMILES string of the molecule is O=C(O)CCC(=O)SC(=S)N1CC2CC(C1)c1cccc(=O)n1C2. The molecule has 2 unspecified atom stereocenters. The van der Waals surface area contributed by atoms with Crippen LogP contribution in [-0.2, 0) is 16.1 Å². The molecule has 3 heterocycles. The number of thioether (sulfide) groups is 1. The predicted octanol–water partition coefficient (Wildman–Crippen LogP) is 1.68. The third-order valence-electron chi connectivity index (χ3n) is 4.48. The van der Waals surface area contributed by atoms with Gasteiger partial charge in [-0.25, -0.2) is 0 Å². The van der Waals surface area contributed by atoms with Gasteiger partial charge in [-0.05, 0) is 30.2 Å². The number of carboxylic acids is 1. The fourth-order valence-corrected chi connectivity index (χ4v) is 4.57. The molecule has 0 aromatic carbocycles. The van der Waals surface area contributed by atoms with Gasteiger partial charge in [-0.3, -0.25) is 14.4 Å². The number of fused-ring (bicyclic) bond motifs is 4. The summed E-state index contributed by atoms with van der Waals surface area (Å²) in [5, 5.41) is 8.42. The molecule has 1 aromatic heterocycles. The average molecular weight is 366 g/mol. The third-order valence-corrected chi connectivity index (χ3v) is 5.85. The van der Waals surface area contributed by atoms with Gasteiger partial charge in [0.15, 0.2) is 5.12 Å². The van der Waals surface area contributed by atoms with Crippen molar-refractivity contribution < 1.29 is 14.7 Å². The number of likely N-dealkylation sites (tertiary alicyclic amines) is 1. The van der Waals surface area contributed by atoms with Crippen LogP contribution in [0.15, 0.2) is 23.0 Å². The van der Waals surface area contributed by atoms with Gasteiger partial charge in [-0.15, -0.1) is 0 Å². The van der Waals surface area contributed by atoms with E-state index in [1.165, 1.54) is 0 Å². The Bertz CT molecular complexity index is 746. The predicted molar refractivity (Wildman–Crippen MR) is 95.2 cm³/mol. The Labute approximate surface area is 148 Å². The van der Waals surface area contributed by atoms with E-state index in [-0.39, 0.29) is 29.4 Å². The number of hydrogen-bond donors (Lipinski definition) is 1. The second-order valence-electron chi connectivity index (χ2n) is 6.24. The van der Waals surface area contributed by atoms with Gasteiger partial charge in [0.05, 0.1) is 6.42 Å². The van der Waals surface area contributed by atoms with Crippen molar-refractivity contribution in [2.24, 2.45) is 5.92 Å². The summed E-state index contributed by atoms with van der Waals surface area (Å²) in [5.74, 6) is -0.410. The molecule has 6 nitrogen and oxygen atoms in total. The van der Waals surface area contributed by atoms with Gasteiger partial charge in [0.1, 0.15) is 4.32 Å². The van der Waals surface area contributed by atoms with Crippen LogP contribution in [0.5, 0.6) is 0 Å². The van der Waals surface area contributed by atoms with Crippen molar-refractivity contribution in [2.45, 2.75) is 31.7 Å². The fourth-order valence-electron chi connectivity index (χ4n) is 3.47.